The minimum Gasteiger partial charge on any atom is -0.362 e. The number of hydrogen-bond acceptors (Lipinski definition) is 1. The minimum absolute atomic E-state index is 0.324. The van der Waals surface area contributed by atoms with Crippen LogP contribution in [0.15, 0.2) is 36.4 Å². The molecule has 124 valence electrons. The van der Waals surface area contributed by atoms with Crippen molar-refractivity contribution >= 4 is 5.69 Å². The van der Waals surface area contributed by atoms with Crippen LogP contribution in [0.4, 0.5) is 5.69 Å². The molecule has 1 nitrogen and oxygen atoms in total. The zero-order valence-corrected chi connectivity index (χ0v) is 15.2. The quantitative estimate of drug-likeness (QED) is 0.583. The van der Waals surface area contributed by atoms with E-state index in [4.69, 9.17) is 0 Å². The lowest BCUT2D eigenvalue weighted by molar-refractivity contribution is 0.0983. The number of fused-ring (bicyclic) bond motifs is 4. The Morgan fingerprint density at radius 2 is 1.87 bits per heavy atom. The first-order valence-corrected chi connectivity index (χ1v) is 9.41. The molecule has 1 heteroatoms. The van der Waals surface area contributed by atoms with Gasteiger partial charge in [-0.1, -0.05) is 50.6 Å². The molecule has 1 aromatic carbocycles. The van der Waals surface area contributed by atoms with Crippen molar-refractivity contribution in [1.29, 1.82) is 0 Å². The van der Waals surface area contributed by atoms with E-state index in [1.54, 1.807) is 0 Å². The third-order valence-electron chi connectivity index (χ3n) is 7.41. The molecule has 2 bridgehead atoms. The smallest absolute Gasteiger partial charge is 0.0420 e. The van der Waals surface area contributed by atoms with Gasteiger partial charge in [-0.05, 0) is 62.5 Å². The van der Waals surface area contributed by atoms with Crippen LogP contribution >= 0.6 is 0 Å². The van der Waals surface area contributed by atoms with Crippen LogP contribution in [-0.2, 0) is 0 Å². The first-order chi connectivity index (χ1) is 10.9. The van der Waals surface area contributed by atoms with Crippen molar-refractivity contribution in [2.75, 3.05) is 4.90 Å². The molecule has 5 unspecified atom stereocenters. The Hall–Kier alpha value is -1.24. The van der Waals surface area contributed by atoms with Crippen LogP contribution < -0.4 is 4.90 Å². The van der Waals surface area contributed by atoms with E-state index in [2.05, 4.69) is 63.4 Å². The fourth-order valence-corrected chi connectivity index (χ4v) is 6.15. The summed E-state index contributed by atoms with van der Waals surface area (Å²) in [4.78, 5) is 2.86. The SMILES string of the molecule is C=C(C)C1C(C)c2ccccc2N2C1C1(C)CCCC2(C)CC1. The van der Waals surface area contributed by atoms with Crippen LogP contribution in [-0.4, -0.2) is 11.6 Å². The van der Waals surface area contributed by atoms with E-state index in [0.29, 0.717) is 28.8 Å². The number of para-hydroxylation sites is 1. The molecule has 23 heavy (non-hydrogen) atoms. The van der Waals surface area contributed by atoms with Crippen molar-refractivity contribution in [3.8, 4) is 0 Å². The van der Waals surface area contributed by atoms with Crippen molar-refractivity contribution in [2.24, 2.45) is 11.3 Å². The molecule has 3 fully saturated rings. The Morgan fingerprint density at radius 1 is 1.13 bits per heavy atom. The summed E-state index contributed by atoms with van der Waals surface area (Å²) in [6, 6.07) is 9.80. The summed E-state index contributed by atoms with van der Waals surface area (Å²) in [7, 11) is 0. The highest BCUT2D eigenvalue weighted by Crippen LogP contribution is 2.60. The van der Waals surface area contributed by atoms with E-state index >= 15 is 0 Å². The van der Waals surface area contributed by atoms with Crippen molar-refractivity contribution in [3.63, 3.8) is 0 Å². The summed E-state index contributed by atoms with van der Waals surface area (Å²) in [5.74, 6) is 1.15. The van der Waals surface area contributed by atoms with Gasteiger partial charge in [0.2, 0.25) is 0 Å². The number of rotatable bonds is 1. The maximum Gasteiger partial charge on any atom is 0.0420 e. The molecule has 1 aromatic rings. The molecule has 5 rings (SSSR count). The monoisotopic (exact) mass is 309 g/mol. The van der Waals surface area contributed by atoms with Crippen molar-refractivity contribution in [2.45, 2.75) is 77.3 Å². The molecule has 0 N–H and O–H groups in total. The van der Waals surface area contributed by atoms with Gasteiger partial charge in [-0.25, -0.2) is 0 Å². The lowest BCUT2D eigenvalue weighted by Crippen LogP contribution is -2.65. The van der Waals surface area contributed by atoms with Crippen LogP contribution in [0, 0.1) is 11.3 Å². The summed E-state index contributed by atoms with van der Waals surface area (Å²) >= 11 is 0. The second kappa shape index (κ2) is 4.88. The summed E-state index contributed by atoms with van der Waals surface area (Å²) in [6.07, 6.45) is 6.81. The van der Waals surface area contributed by atoms with E-state index in [9.17, 15) is 0 Å². The van der Waals surface area contributed by atoms with Gasteiger partial charge in [0.15, 0.2) is 0 Å². The molecule has 4 aliphatic rings. The first kappa shape index (κ1) is 15.3. The summed E-state index contributed by atoms with van der Waals surface area (Å²) in [5.41, 5.74) is 5.18. The number of nitrogens with zero attached hydrogens (tertiary/aromatic N) is 1. The molecule has 3 heterocycles. The summed E-state index contributed by atoms with van der Waals surface area (Å²) < 4.78 is 0. The predicted octanol–water partition coefficient (Wildman–Crippen LogP) is 5.91. The highest BCUT2D eigenvalue weighted by atomic mass is 15.3. The maximum atomic E-state index is 4.43. The average molecular weight is 309 g/mol. The molecule has 5 atom stereocenters. The third kappa shape index (κ3) is 1.98. The Morgan fingerprint density at radius 3 is 2.61 bits per heavy atom. The lowest BCUT2D eigenvalue weighted by atomic mass is 9.59. The molecule has 2 saturated heterocycles. The second-order valence-electron chi connectivity index (χ2n) is 9.04. The summed E-state index contributed by atoms with van der Waals surface area (Å²) in [6.45, 7) is 14.2. The molecular formula is C22H31N. The van der Waals surface area contributed by atoms with Crippen LogP contribution in [0.5, 0.6) is 0 Å². The first-order valence-electron chi connectivity index (χ1n) is 9.41. The number of piperidine rings is 1. The molecule has 0 radical (unpaired) electrons. The Kier molecular flexibility index (Phi) is 3.25. The van der Waals surface area contributed by atoms with E-state index in [1.807, 2.05) is 0 Å². The topological polar surface area (TPSA) is 3.24 Å². The molecule has 0 amide bonds. The van der Waals surface area contributed by atoms with Gasteiger partial charge in [0.05, 0.1) is 0 Å². The number of anilines is 1. The van der Waals surface area contributed by atoms with Crippen LogP contribution in [0.3, 0.4) is 0 Å². The molecular weight excluding hydrogens is 278 g/mol. The van der Waals surface area contributed by atoms with Gasteiger partial charge in [-0.3, -0.25) is 0 Å². The van der Waals surface area contributed by atoms with Crippen molar-refractivity contribution < 1.29 is 0 Å². The molecule has 1 aliphatic carbocycles. The zero-order chi connectivity index (χ0) is 16.4. The fraction of sp³-hybridized carbons (Fsp3) is 0.636. The molecule has 3 aliphatic heterocycles. The Bertz CT molecular complexity index is 647. The second-order valence-corrected chi connectivity index (χ2v) is 9.04. The number of hydrogen-bond donors (Lipinski definition) is 0. The largest absolute Gasteiger partial charge is 0.362 e. The minimum atomic E-state index is 0.324. The molecule has 0 aromatic heterocycles. The van der Waals surface area contributed by atoms with E-state index < -0.39 is 0 Å². The van der Waals surface area contributed by atoms with E-state index in [0.717, 1.165) is 0 Å². The van der Waals surface area contributed by atoms with Crippen molar-refractivity contribution in [3.05, 3.63) is 42.0 Å². The number of benzene rings is 1. The fourth-order valence-electron chi connectivity index (χ4n) is 6.15. The summed E-state index contributed by atoms with van der Waals surface area (Å²) in [5, 5.41) is 0. The van der Waals surface area contributed by atoms with Gasteiger partial charge in [0, 0.05) is 23.2 Å². The maximum absolute atomic E-state index is 4.43. The Labute approximate surface area is 141 Å². The van der Waals surface area contributed by atoms with Gasteiger partial charge in [-0.15, -0.1) is 0 Å². The predicted molar refractivity (Wildman–Crippen MR) is 99.0 cm³/mol. The highest BCUT2D eigenvalue weighted by molar-refractivity contribution is 5.62. The third-order valence-corrected chi connectivity index (χ3v) is 7.41. The highest BCUT2D eigenvalue weighted by Gasteiger charge is 2.57. The average Bonchev–Trinajstić information content (AvgIpc) is 2.73. The van der Waals surface area contributed by atoms with Crippen LogP contribution in [0.25, 0.3) is 0 Å². The molecule has 0 spiro atoms. The molecule has 1 saturated carbocycles. The lowest BCUT2D eigenvalue weighted by Gasteiger charge is -2.62. The van der Waals surface area contributed by atoms with Gasteiger partial charge in [-0.2, -0.15) is 0 Å². The van der Waals surface area contributed by atoms with Gasteiger partial charge in [0.1, 0.15) is 0 Å². The van der Waals surface area contributed by atoms with Gasteiger partial charge in [0.25, 0.3) is 0 Å². The normalized spacial score (nSPS) is 41.9. The van der Waals surface area contributed by atoms with Gasteiger partial charge < -0.3 is 4.90 Å². The van der Waals surface area contributed by atoms with Crippen LogP contribution in [0.1, 0.15) is 71.3 Å². The van der Waals surface area contributed by atoms with Gasteiger partial charge >= 0.3 is 0 Å². The van der Waals surface area contributed by atoms with E-state index in [-0.39, 0.29) is 0 Å². The standard InChI is InChI=1S/C22H31N/c1-15(2)19-16(3)17-9-6-7-10-18(17)23-20(19)21(4)11-8-12-22(23,5)14-13-21/h6-7,9-10,16,19-20H,1,8,11-14H2,2-5H3. The zero-order valence-electron chi connectivity index (χ0n) is 15.2. The Balaban J connectivity index is 1.98. The van der Waals surface area contributed by atoms with Crippen LogP contribution in [0.2, 0.25) is 0 Å². The van der Waals surface area contributed by atoms with Crippen molar-refractivity contribution in [1.82, 2.24) is 0 Å². The van der Waals surface area contributed by atoms with E-state index in [1.165, 1.54) is 48.9 Å².